The number of amides is 3. The van der Waals surface area contributed by atoms with E-state index >= 15 is 0 Å². The van der Waals surface area contributed by atoms with Gasteiger partial charge in [-0.05, 0) is 48.7 Å². The van der Waals surface area contributed by atoms with Crippen LogP contribution in [-0.4, -0.2) is 45.9 Å². The average Bonchev–Trinajstić information content (AvgIpc) is 2.62. The lowest BCUT2D eigenvalue weighted by molar-refractivity contribution is 0.0827. The molecule has 0 saturated carbocycles. The van der Waals surface area contributed by atoms with Crippen molar-refractivity contribution >= 4 is 27.6 Å². The number of benzene rings is 2. The molecule has 0 aliphatic carbocycles. The number of rotatable bonds is 6. The predicted molar refractivity (Wildman–Crippen MR) is 108 cm³/mol. The Hall–Kier alpha value is -2.91. The summed E-state index contributed by atoms with van der Waals surface area (Å²) in [6.07, 6.45) is 0.524. The highest BCUT2D eigenvalue weighted by Crippen LogP contribution is 2.17. The number of nitrogens with one attached hydrogen (secondary N) is 2. The molecule has 0 radical (unpaired) electrons. The van der Waals surface area contributed by atoms with Crippen LogP contribution in [0.2, 0.25) is 0 Å². The zero-order valence-corrected chi connectivity index (χ0v) is 16.8. The third kappa shape index (κ3) is 5.80. The minimum absolute atomic E-state index is 0.0459. The molecule has 0 aromatic heterocycles. The van der Waals surface area contributed by atoms with Crippen LogP contribution in [0.3, 0.4) is 0 Å². The first-order valence-electron chi connectivity index (χ1n) is 8.57. The molecule has 8 nitrogen and oxygen atoms in total. The van der Waals surface area contributed by atoms with Gasteiger partial charge in [-0.25, -0.2) is 18.4 Å². The SMILES string of the molecule is Cc1ccc(C(=O)N(C)C)cc1NC(=O)NCCc1ccc(S(N)(=O)=O)cc1. The van der Waals surface area contributed by atoms with Crippen molar-refractivity contribution in [1.82, 2.24) is 10.2 Å². The van der Waals surface area contributed by atoms with E-state index in [4.69, 9.17) is 5.14 Å². The highest BCUT2D eigenvalue weighted by atomic mass is 32.2. The maximum absolute atomic E-state index is 12.1. The summed E-state index contributed by atoms with van der Waals surface area (Å²) in [7, 11) is -0.386. The van der Waals surface area contributed by atoms with Crippen molar-refractivity contribution in [3.8, 4) is 0 Å². The quantitative estimate of drug-likeness (QED) is 0.678. The van der Waals surface area contributed by atoms with E-state index in [0.717, 1.165) is 11.1 Å². The van der Waals surface area contributed by atoms with E-state index in [1.54, 1.807) is 44.4 Å². The minimum Gasteiger partial charge on any atom is -0.345 e. The van der Waals surface area contributed by atoms with E-state index in [1.165, 1.54) is 17.0 Å². The van der Waals surface area contributed by atoms with Gasteiger partial charge in [0.1, 0.15) is 0 Å². The van der Waals surface area contributed by atoms with E-state index in [2.05, 4.69) is 10.6 Å². The number of aryl methyl sites for hydroxylation is 1. The number of nitrogens with zero attached hydrogens (tertiary/aromatic N) is 1. The van der Waals surface area contributed by atoms with Gasteiger partial charge >= 0.3 is 6.03 Å². The van der Waals surface area contributed by atoms with Gasteiger partial charge < -0.3 is 15.5 Å². The van der Waals surface area contributed by atoms with Gasteiger partial charge in [0.25, 0.3) is 5.91 Å². The van der Waals surface area contributed by atoms with Crippen molar-refractivity contribution in [2.24, 2.45) is 5.14 Å². The summed E-state index contributed by atoms with van der Waals surface area (Å²) in [5.74, 6) is -0.147. The van der Waals surface area contributed by atoms with Crippen LogP contribution >= 0.6 is 0 Å². The highest BCUT2D eigenvalue weighted by Gasteiger charge is 2.12. The number of sulfonamides is 1. The fourth-order valence-electron chi connectivity index (χ4n) is 2.48. The number of nitrogens with two attached hydrogens (primary N) is 1. The summed E-state index contributed by atoms with van der Waals surface area (Å²) in [6, 6.07) is 10.9. The Kier molecular flexibility index (Phi) is 6.76. The summed E-state index contributed by atoms with van der Waals surface area (Å²) in [4.78, 5) is 25.7. The fourth-order valence-corrected chi connectivity index (χ4v) is 3.00. The summed E-state index contributed by atoms with van der Waals surface area (Å²) >= 11 is 0. The fraction of sp³-hybridized carbons (Fsp3) is 0.263. The van der Waals surface area contributed by atoms with Gasteiger partial charge in [0.2, 0.25) is 10.0 Å². The molecule has 0 spiro atoms. The van der Waals surface area contributed by atoms with Crippen LogP contribution in [0, 0.1) is 6.92 Å². The van der Waals surface area contributed by atoms with Crippen LogP contribution in [0.1, 0.15) is 21.5 Å². The number of hydrogen-bond donors (Lipinski definition) is 3. The predicted octanol–water partition coefficient (Wildman–Crippen LogP) is 1.71. The van der Waals surface area contributed by atoms with E-state index < -0.39 is 16.1 Å². The molecule has 2 aromatic rings. The second-order valence-electron chi connectivity index (χ2n) is 6.55. The van der Waals surface area contributed by atoms with Crippen molar-refractivity contribution in [3.63, 3.8) is 0 Å². The summed E-state index contributed by atoms with van der Waals surface area (Å²) in [5, 5.41) is 10.5. The second-order valence-corrected chi connectivity index (χ2v) is 8.11. The van der Waals surface area contributed by atoms with Crippen LogP contribution in [0.15, 0.2) is 47.4 Å². The zero-order chi connectivity index (χ0) is 20.9. The molecule has 2 rings (SSSR count). The Morgan fingerprint density at radius 3 is 2.29 bits per heavy atom. The molecule has 150 valence electrons. The molecule has 4 N–H and O–H groups in total. The molecule has 0 bridgehead atoms. The first kappa shape index (κ1) is 21.4. The van der Waals surface area contributed by atoms with Crippen molar-refractivity contribution < 1.29 is 18.0 Å². The minimum atomic E-state index is -3.71. The second kappa shape index (κ2) is 8.85. The van der Waals surface area contributed by atoms with E-state index in [9.17, 15) is 18.0 Å². The van der Waals surface area contributed by atoms with E-state index in [1.807, 2.05) is 6.92 Å². The van der Waals surface area contributed by atoms with Gasteiger partial charge in [-0.1, -0.05) is 18.2 Å². The molecule has 0 heterocycles. The summed E-state index contributed by atoms with van der Waals surface area (Å²) in [6.45, 7) is 2.20. The lowest BCUT2D eigenvalue weighted by atomic mass is 10.1. The van der Waals surface area contributed by atoms with Crippen LogP contribution in [-0.2, 0) is 16.4 Å². The van der Waals surface area contributed by atoms with Crippen LogP contribution in [0.4, 0.5) is 10.5 Å². The molecule has 0 fully saturated rings. The number of carbonyl (C=O) groups is 2. The molecule has 28 heavy (non-hydrogen) atoms. The van der Waals surface area contributed by atoms with Gasteiger partial charge in [0.05, 0.1) is 4.90 Å². The van der Waals surface area contributed by atoms with Crippen LogP contribution in [0.5, 0.6) is 0 Å². The molecule has 0 unspecified atom stereocenters. The first-order chi connectivity index (χ1) is 13.1. The highest BCUT2D eigenvalue weighted by molar-refractivity contribution is 7.89. The molecule has 2 aromatic carbocycles. The Labute approximate surface area is 164 Å². The smallest absolute Gasteiger partial charge is 0.319 e. The van der Waals surface area contributed by atoms with Crippen molar-refractivity contribution in [2.75, 3.05) is 26.0 Å². The largest absolute Gasteiger partial charge is 0.345 e. The van der Waals surface area contributed by atoms with Gasteiger partial charge in [0.15, 0.2) is 0 Å². The number of hydrogen-bond acceptors (Lipinski definition) is 4. The number of urea groups is 1. The van der Waals surface area contributed by atoms with Crippen molar-refractivity contribution in [2.45, 2.75) is 18.2 Å². The molecular weight excluding hydrogens is 380 g/mol. The standard InChI is InChI=1S/C19H24N4O4S/c1-13-4-7-15(18(24)23(2)3)12-17(13)22-19(25)21-11-10-14-5-8-16(9-6-14)28(20,26)27/h4-9,12H,10-11H2,1-3H3,(H2,20,26,27)(H2,21,22,25). The number of carbonyl (C=O) groups excluding carboxylic acids is 2. The van der Waals surface area contributed by atoms with Crippen molar-refractivity contribution in [1.29, 1.82) is 0 Å². The average molecular weight is 404 g/mol. The van der Waals surface area contributed by atoms with Crippen molar-refractivity contribution in [3.05, 3.63) is 59.2 Å². The Morgan fingerprint density at radius 1 is 1.07 bits per heavy atom. The Bertz CT molecular complexity index is 970. The molecule has 0 aliphatic heterocycles. The Morgan fingerprint density at radius 2 is 1.71 bits per heavy atom. The molecular formula is C19H24N4O4S. The number of anilines is 1. The van der Waals surface area contributed by atoms with E-state index in [0.29, 0.717) is 24.2 Å². The maximum atomic E-state index is 12.1. The molecule has 9 heteroatoms. The first-order valence-corrected chi connectivity index (χ1v) is 10.1. The van der Waals surface area contributed by atoms with Crippen LogP contribution < -0.4 is 15.8 Å². The normalized spacial score (nSPS) is 11.0. The van der Waals surface area contributed by atoms with Crippen LogP contribution in [0.25, 0.3) is 0 Å². The third-order valence-corrected chi connectivity index (χ3v) is 5.02. The summed E-state index contributed by atoms with van der Waals surface area (Å²) < 4.78 is 22.5. The monoisotopic (exact) mass is 404 g/mol. The van der Waals surface area contributed by atoms with Gasteiger partial charge in [-0.3, -0.25) is 4.79 Å². The van der Waals surface area contributed by atoms with E-state index in [-0.39, 0.29) is 10.8 Å². The lowest BCUT2D eigenvalue weighted by Crippen LogP contribution is -2.31. The Balaban J connectivity index is 1.92. The maximum Gasteiger partial charge on any atom is 0.319 e. The van der Waals surface area contributed by atoms with Gasteiger partial charge in [-0.2, -0.15) is 0 Å². The topological polar surface area (TPSA) is 122 Å². The molecule has 0 atom stereocenters. The molecule has 3 amide bonds. The zero-order valence-electron chi connectivity index (χ0n) is 16.0. The summed E-state index contributed by atoms with van der Waals surface area (Å²) in [5.41, 5.74) is 2.75. The van der Waals surface area contributed by atoms with Gasteiger partial charge in [-0.15, -0.1) is 0 Å². The molecule has 0 saturated heterocycles. The number of primary sulfonamides is 1. The third-order valence-electron chi connectivity index (χ3n) is 4.09. The molecule has 0 aliphatic rings. The van der Waals surface area contributed by atoms with Gasteiger partial charge in [0, 0.05) is 31.9 Å². The lowest BCUT2D eigenvalue weighted by Gasteiger charge is -2.14.